The average molecular weight is 233 g/mol. The van der Waals surface area contributed by atoms with E-state index in [1.807, 2.05) is 18.2 Å². The lowest BCUT2D eigenvalue weighted by Gasteiger charge is -2.05. The zero-order valence-electron chi connectivity index (χ0n) is 8.61. The van der Waals surface area contributed by atoms with Crippen molar-refractivity contribution in [3.63, 3.8) is 0 Å². The van der Waals surface area contributed by atoms with Gasteiger partial charge in [-0.15, -0.1) is 11.8 Å². The Morgan fingerprint density at radius 2 is 2.44 bits per heavy atom. The first-order valence-corrected chi connectivity index (χ1v) is 5.99. The normalized spacial score (nSPS) is 17.9. The predicted molar refractivity (Wildman–Crippen MR) is 65.4 cm³/mol. The van der Waals surface area contributed by atoms with Crippen LogP contribution < -0.4 is 4.74 Å². The third-order valence-electron chi connectivity index (χ3n) is 2.37. The molecule has 0 bridgehead atoms. The minimum atomic E-state index is 0.428. The van der Waals surface area contributed by atoms with E-state index in [4.69, 9.17) is 10.3 Å². The molecule has 0 N–H and O–H groups in total. The van der Waals surface area contributed by atoms with Crippen LogP contribution in [0.2, 0.25) is 0 Å². The molecule has 0 spiro atoms. The standard InChI is InChI=1S/C11H11N3OS/c12-14-13-5-6-16-8-9-7-15-11-4-2-1-3-10(9)11/h1-6,9H,7-8H2/b6-5-. The highest BCUT2D eigenvalue weighted by Crippen LogP contribution is 2.35. The average Bonchev–Trinajstić information content (AvgIpc) is 2.73. The number of benzene rings is 1. The third kappa shape index (κ3) is 2.51. The van der Waals surface area contributed by atoms with Crippen LogP contribution in [0.3, 0.4) is 0 Å². The fourth-order valence-corrected chi connectivity index (χ4v) is 2.40. The van der Waals surface area contributed by atoms with Crippen LogP contribution in [0.1, 0.15) is 11.5 Å². The van der Waals surface area contributed by atoms with Crippen molar-refractivity contribution in [2.45, 2.75) is 5.92 Å². The highest BCUT2D eigenvalue weighted by molar-refractivity contribution is 8.02. The third-order valence-corrected chi connectivity index (χ3v) is 3.28. The molecule has 82 valence electrons. The summed E-state index contributed by atoms with van der Waals surface area (Å²) in [5.41, 5.74) is 9.36. The van der Waals surface area contributed by atoms with E-state index in [0.29, 0.717) is 5.92 Å². The van der Waals surface area contributed by atoms with Crippen molar-refractivity contribution < 1.29 is 4.74 Å². The highest BCUT2D eigenvalue weighted by atomic mass is 32.2. The molecule has 1 heterocycles. The molecule has 1 atom stereocenters. The van der Waals surface area contributed by atoms with Crippen LogP contribution >= 0.6 is 11.8 Å². The molecule has 5 heteroatoms. The lowest BCUT2D eigenvalue weighted by atomic mass is 10.0. The summed E-state index contributed by atoms with van der Waals surface area (Å²) in [5, 5.41) is 5.13. The molecular weight excluding hydrogens is 222 g/mol. The Morgan fingerprint density at radius 3 is 3.31 bits per heavy atom. The number of thioether (sulfide) groups is 1. The van der Waals surface area contributed by atoms with E-state index in [2.05, 4.69) is 16.1 Å². The first-order chi connectivity index (χ1) is 7.92. The topological polar surface area (TPSA) is 58.0 Å². The number of rotatable bonds is 4. The van der Waals surface area contributed by atoms with Crippen molar-refractivity contribution in [2.75, 3.05) is 12.4 Å². The molecule has 1 aromatic carbocycles. The quantitative estimate of drug-likeness (QED) is 0.452. The van der Waals surface area contributed by atoms with Gasteiger partial charge in [0.15, 0.2) is 0 Å². The second-order valence-electron chi connectivity index (χ2n) is 3.37. The Labute approximate surface area is 97.9 Å². The zero-order valence-corrected chi connectivity index (χ0v) is 9.43. The van der Waals surface area contributed by atoms with Crippen molar-refractivity contribution >= 4 is 11.8 Å². The smallest absolute Gasteiger partial charge is 0.122 e. The zero-order chi connectivity index (χ0) is 11.2. The van der Waals surface area contributed by atoms with Crippen molar-refractivity contribution in [3.05, 3.63) is 51.9 Å². The molecule has 1 unspecified atom stereocenters. The van der Waals surface area contributed by atoms with Gasteiger partial charge < -0.3 is 4.74 Å². The van der Waals surface area contributed by atoms with Gasteiger partial charge in [-0.3, -0.25) is 0 Å². The molecule has 1 aliphatic heterocycles. The van der Waals surface area contributed by atoms with E-state index in [1.54, 1.807) is 17.2 Å². The lowest BCUT2D eigenvalue weighted by molar-refractivity contribution is 0.339. The number of hydrogen-bond donors (Lipinski definition) is 0. The second-order valence-corrected chi connectivity index (χ2v) is 4.31. The summed E-state index contributed by atoms with van der Waals surface area (Å²) in [7, 11) is 0. The maximum atomic E-state index is 8.09. The Morgan fingerprint density at radius 1 is 1.56 bits per heavy atom. The maximum Gasteiger partial charge on any atom is 0.122 e. The van der Waals surface area contributed by atoms with Gasteiger partial charge in [-0.1, -0.05) is 23.3 Å². The Balaban J connectivity index is 1.91. The molecule has 0 aliphatic carbocycles. The monoisotopic (exact) mass is 233 g/mol. The van der Waals surface area contributed by atoms with Crippen molar-refractivity contribution in [1.82, 2.24) is 0 Å². The largest absolute Gasteiger partial charge is 0.493 e. The molecule has 0 saturated heterocycles. The summed E-state index contributed by atoms with van der Waals surface area (Å²) >= 11 is 1.63. The minimum absolute atomic E-state index is 0.428. The summed E-state index contributed by atoms with van der Waals surface area (Å²) in [6.45, 7) is 0.738. The van der Waals surface area contributed by atoms with Gasteiger partial charge in [0.05, 0.1) is 6.61 Å². The number of hydrogen-bond acceptors (Lipinski definition) is 3. The summed E-state index contributed by atoms with van der Waals surface area (Å²) < 4.78 is 5.57. The predicted octanol–water partition coefficient (Wildman–Crippen LogP) is 3.68. The molecule has 0 fully saturated rings. The first-order valence-electron chi connectivity index (χ1n) is 4.94. The SMILES string of the molecule is [N-]=[N+]=N/C=C\SCC1COc2ccccc21. The minimum Gasteiger partial charge on any atom is -0.493 e. The van der Waals surface area contributed by atoms with Crippen LogP contribution in [0.25, 0.3) is 10.4 Å². The van der Waals surface area contributed by atoms with Crippen molar-refractivity contribution in [3.8, 4) is 5.75 Å². The number of nitrogens with zero attached hydrogens (tertiary/aromatic N) is 3. The summed E-state index contributed by atoms with van der Waals surface area (Å²) in [4.78, 5) is 2.64. The van der Waals surface area contributed by atoms with Gasteiger partial charge in [-0.25, -0.2) is 0 Å². The van der Waals surface area contributed by atoms with Crippen molar-refractivity contribution in [1.29, 1.82) is 0 Å². The summed E-state index contributed by atoms with van der Waals surface area (Å²) in [6, 6.07) is 8.11. The Hall–Kier alpha value is -1.58. The van der Waals surface area contributed by atoms with E-state index in [1.165, 1.54) is 11.8 Å². The summed E-state index contributed by atoms with van der Waals surface area (Å²) in [5.74, 6) is 2.36. The summed E-state index contributed by atoms with van der Waals surface area (Å²) in [6.07, 6.45) is 1.46. The maximum absolute atomic E-state index is 8.09. The van der Waals surface area contributed by atoms with Crippen molar-refractivity contribution in [2.24, 2.45) is 5.11 Å². The first kappa shape index (κ1) is 10.9. The van der Waals surface area contributed by atoms with Gasteiger partial charge in [0.2, 0.25) is 0 Å². The molecule has 2 rings (SSSR count). The van der Waals surface area contributed by atoms with Crippen LogP contribution in [0.5, 0.6) is 5.75 Å². The molecule has 4 nitrogen and oxygen atoms in total. The fourth-order valence-electron chi connectivity index (χ4n) is 1.64. The van der Waals surface area contributed by atoms with Gasteiger partial charge in [0, 0.05) is 28.3 Å². The molecule has 0 aromatic heterocycles. The Bertz CT molecular complexity index is 441. The van der Waals surface area contributed by atoms with Crippen LogP contribution in [0, 0.1) is 0 Å². The number of para-hydroxylation sites is 1. The van der Waals surface area contributed by atoms with E-state index >= 15 is 0 Å². The van der Waals surface area contributed by atoms with Gasteiger partial charge >= 0.3 is 0 Å². The number of azide groups is 1. The molecule has 0 saturated carbocycles. The molecule has 1 aromatic rings. The lowest BCUT2D eigenvalue weighted by Crippen LogP contribution is -2.02. The van der Waals surface area contributed by atoms with E-state index in [0.717, 1.165) is 18.1 Å². The van der Waals surface area contributed by atoms with Crippen LogP contribution in [-0.2, 0) is 0 Å². The molecule has 16 heavy (non-hydrogen) atoms. The van der Waals surface area contributed by atoms with Gasteiger partial charge in [-0.2, -0.15) is 0 Å². The van der Waals surface area contributed by atoms with Gasteiger partial charge in [0.25, 0.3) is 0 Å². The fraction of sp³-hybridized carbons (Fsp3) is 0.273. The number of ether oxygens (including phenoxy) is 1. The molecule has 0 amide bonds. The van der Waals surface area contributed by atoms with E-state index in [-0.39, 0.29) is 0 Å². The van der Waals surface area contributed by atoms with Crippen LogP contribution in [0.15, 0.2) is 41.0 Å². The molecule has 1 aliphatic rings. The number of fused-ring (bicyclic) bond motifs is 1. The van der Waals surface area contributed by atoms with E-state index in [9.17, 15) is 0 Å². The molecular formula is C11H11N3OS. The highest BCUT2D eigenvalue weighted by Gasteiger charge is 2.22. The van der Waals surface area contributed by atoms with E-state index < -0.39 is 0 Å². The second kappa shape index (κ2) is 5.49. The van der Waals surface area contributed by atoms with Crippen LogP contribution in [-0.4, -0.2) is 12.4 Å². The Kier molecular flexibility index (Phi) is 3.75. The molecule has 0 radical (unpaired) electrons. The van der Waals surface area contributed by atoms with Gasteiger partial charge in [-0.05, 0) is 17.0 Å². The van der Waals surface area contributed by atoms with Gasteiger partial charge in [0.1, 0.15) is 5.75 Å². The van der Waals surface area contributed by atoms with Crippen LogP contribution in [0.4, 0.5) is 0 Å².